The fourth-order valence-corrected chi connectivity index (χ4v) is 4.14. The van der Waals surface area contributed by atoms with Crippen molar-refractivity contribution in [2.75, 3.05) is 11.5 Å². The Hall–Kier alpha value is -1.76. The van der Waals surface area contributed by atoms with Gasteiger partial charge in [0.1, 0.15) is 17.8 Å². The lowest BCUT2D eigenvalue weighted by Gasteiger charge is -2.29. The second kappa shape index (κ2) is 6.39. The predicted octanol–water partition coefficient (Wildman–Crippen LogP) is 1.47. The van der Waals surface area contributed by atoms with Gasteiger partial charge in [0, 0.05) is 12.1 Å². The largest absolute Gasteiger partial charge is 0.367 e. The van der Waals surface area contributed by atoms with Gasteiger partial charge in [-0.1, -0.05) is 0 Å². The smallest absolute Gasteiger partial charge is 0.325 e. The van der Waals surface area contributed by atoms with Gasteiger partial charge in [0.15, 0.2) is 0 Å². The molecule has 3 rings (SSSR count). The Morgan fingerprint density at radius 1 is 1.22 bits per heavy atom. The molecule has 2 heterocycles. The molecule has 4 N–H and O–H groups in total. The summed E-state index contributed by atoms with van der Waals surface area (Å²) in [5, 5.41) is 4.11. The standard InChI is InChI=1S/C14H19N4O4P/c19-12-6-5-11-13(15-8-16-14(11)18-12)17-10-3-1-9(2-4-10)7-23(20,21)22/h5-6,8-10H,1-4,7H2,(H2,20,21,22)(H2,15,16,17,18,19). The molecule has 0 bridgehead atoms. The molecule has 8 nitrogen and oxygen atoms in total. The number of hydrogen-bond donors (Lipinski definition) is 4. The summed E-state index contributed by atoms with van der Waals surface area (Å²) in [5.41, 5.74) is 0.283. The highest BCUT2D eigenvalue weighted by Crippen LogP contribution is 2.41. The van der Waals surface area contributed by atoms with Crippen LogP contribution in [-0.4, -0.2) is 36.9 Å². The first-order valence-corrected chi connectivity index (χ1v) is 9.35. The van der Waals surface area contributed by atoms with Crippen molar-refractivity contribution in [2.45, 2.75) is 31.7 Å². The summed E-state index contributed by atoms with van der Waals surface area (Å²) in [4.78, 5) is 40.4. The molecule has 0 radical (unpaired) electrons. The molecule has 0 amide bonds. The first-order valence-electron chi connectivity index (χ1n) is 7.56. The first-order chi connectivity index (χ1) is 10.9. The summed E-state index contributed by atoms with van der Waals surface area (Å²) in [7, 11) is -3.93. The lowest BCUT2D eigenvalue weighted by molar-refractivity contribution is 0.322. The highest BCUT2D eigenvalue weighted by molar-refractivity contribution is 7.51. The number of anilines is 1. The third kappa shape index (κ3) is 4.16. The lowest BCUT2D eigenvalue weighted by Crippen LogP contribution is -2.28. The number of hydrogen-bond acceptors (Lipinski definition) is 5. The summed E-state index contributed by atoms with van der Waals surface area (Å²) >= 11 is 0. The van der Waals surface area contributed by atoms with Gasteiger partial charge in [-0.25, -0.2) is 9.97 Å². The van der Waals surface area contributed by atoms with E-state index in [1.54, 1.807) is 6.07 Å². The molecule has 0 unspecified atom stereocenters. The molecule has 124 valence electrons. The molecule has 1 fully saturated rings. The molecule has 23 heavy (non-hydrogen) atoms. The fraction of sp³-hybridized carbons (Fsp3) is 0.500. The Bertz CT molecular complexity index is 795. The minimum absolute atomic E-state index is 0.0304. The van der Waals surface area contributed by atoms with E-state index >= 15 is 0 Å². The molecule has 2 aromatic heterocycles. The van der Waals surface area contributed by atoms with Crippen LogP contribution in [0, 0.1) is 5.92 Å². The average molecular weight is 338 g/mol. The topological polar surface area (TPSA) is 128 Å². The number of aromatic nitrogens is 3. The van der Waals surface area contributed by atoms with Crippen LogP contribution in [0.5, 0.6) is 0 Å². The zero-order chi connectivity index (χ0) is 16.4. The normalized spacial score (nSPS) is 22.2. The number of aromatic amines is 1. The fourth-order valence-electron chi connectivity index (χ4n) is 3.10. The van der Waals surface area contributed by atoms with E-state index in [9.17, 15) is 9.36 Å². The monoisotopic (exact) mass is 338 g/mol. The average Bonchev–Trinajstić information content (AvgIpc) is 2.48. The van der Waals surface area contributed by atoms with Crippen LogP contribution in [0.3, 0.4) is 0 Å². The van der Waals surface area contributed by atoms with Crippen molar-refractivity contribution in [3.8, 4) is 0 Å². The van der Waals surface area contributed by atoms with Crippen LogP contribution >= 0.6 is 7.60 Å². The molecule has 1 aliphatic rings. The summed E-state index contributed by atoms with van der Waals surface area (Å²) in [6.45, 7) is 0. The van der Waals surface area contributed by atoms with Crippen molar-refractivity contribution in [2.24, 2.45) is 5.92 Å². The zero-order valence-electron chi connectivity index (χ0n) is 12.5. The van der Waals surface area contributed by atoms with Crippen molar-refractivity contribution < 1.29 is 14.4 Å². The van der Waals surface area contributed by atoms with Gasteiger partial charge in [-0.3, -0.25) is 9.36 Å². The third-order valence-electron chi connectivity index (χ3n) is 4.21. The Kier molecular flexibility index (Phi) is 4.48. The maximum Gasteiger partial charge on any atom is 0.325 e. The minimum atomic E-state index is -3.93. The van der Waals surface area contributed by atoms with E-state index in [1.807, 2.05) is 0 Å². The number of nitrogens with zero attached hydrogens (tertiary/aromatic N) is 2. The molecule has 0 spiro atoms. The van der Waals surface area contributed by atoms with Gasteiger partial charge in [0.25, 0.3) is 0 Å². The van der Waals surface area contributed by atoms with Crippen LogP contribution in [0.4, 0.5) is 5.82 Å². The van der Waals surface area contributed by atoms with Gasteiger partial charge in [-0.15, -0.1) is 0 Å². The van der Waals surface area contributed by atoms with Crippen molar-refractivity contribution >= 4 is 24.4 Å². The van der Waals surface area contributed by atoms with Crippen molar-refractivity contribution in [1.82, 2.24) is 15.0 Å². The SMILES string of the molecule is O=c1ccc2c(NC3CCC(CP(=O)(O)O)CC3)ncnc2[nH]1. The Balaban J connectivity index is 1.67. The molecule has 2 aromatic rings. The Morgan fingerprint density at radius 2 is 1.96 bits per heavy atom. The second-order valence-electron chi connectivity index (χ2n) is 6.02. The van der Waals surface area contributed by atoms with E-state index in [0.29, 0.717) is 11.5 Å². The number of fused-ring (bicyclic) bond motifs is 1. The third-order valence-corrected chi connectivity index (χ3v) is 5.20. The van der Waals surface area contributed by atoms with E-state index in [1.165, 1.54) is 12.4 Å². The van der Waals surface area contributed by atoms with Crippen molar-refractivity contribution in [1.29, 1.82) is 0 Å². The predicted molar refractivity (Wildman–Crippen MR) is 86.4 cm³/mol. The number of pyridine rings is 1. The van der Waals surface area contributed by atoms with Crippen LogP contribution in [0.15, 0.2) is 23.3 Å². The number of H-pyrrole nitrogens is 1. The van der Waals surface area contributed by atoms with Gasteiger partial charge in [-0.05, 0) is 37.7 Å². The van der Waals surface area contributed by atoms with E-state index in [-0.39, 0.29) is 23.7 Å². The molecule has 1 aliphatic carbocycles. The molecule has 1 saturated carbocycles. The van der Waals surface area contributed by atoms with Crippen LogP contribution in [0.1, 0.15) is 25.7 Å². The van der Waals surface area contributed by atoms with Crippen LogP contribution < -0.4 is 10.9 Å². The summed E-state index contributed by atoms with van der Waals surface area (Å²) in [6, 6.07) is 3.33. The zero-order valence-corrected chi connectivity index (χ0v) is 13.4. The lowest BCUT2D eigenvalue weighted by atomic mass is 9.87. The summed E-state index contributed by atoms with van der Waals surface area (Å²) in [5.74, 6) is 0.747. The summed E-state index contributed by atoms with van der Waals surface area (Å²) in [6.07, 6.45) is 4.60. The van der Waals surface area contributed by atoms with Crippen molar-refractivity contribution in [3.63, 3.8) is 0 Å². The van der Waals surface area contributed by atoms with Gasteiger partial charge in [-0.2, -0.15) is 0 Å². The van der Waals surface area contributed by atoms with E-state index in [0.717, 1.165) is 31.1 Å². The summed E-state index contributed by atoms with van der Waals surface area (Å²) < 4.78 is 11.1. The molecule has 0 atom stereocenters. The highest BCUT2D eigenvalue weighted by atomic mass is 31.2. The number of rotatable bonds is 4. The Morgan fingerprint density at radius 3 is 2.65 bits per heavy atom. The van der Waals surface area contributed by atoms with Gasteiger partial charge < -0.3 is 20.1 Å². The number of nitrogens with one attached hydrogen (secondary N) is 2. The van der Waals surface area contributed by atoms with Gasteiger partial charge >= 0.3 is 7.60 Å². The maximum atomic E-state index is 11.3. The highest BCUT2D eigenvalue weighted by Gasteiger charge is 2.27. The van der Waals surface area contributed by atoms with Gasteiger partial charge in [0.2, 0.25) is 5.56 Å². The molecule has 0 aliphatic heterocycles. The molecule has 0 aromatic carbocycles. The molecule has 9 heteroatoms. The van der Waals surface area contributed by atoms with Crippen molar-refractivity contribution in [3.05, 3.63) is 28.8 Å². The van der Waals surface area contributed by atoms with Crippen LogP contribution in [-0.2, 0) is 4.57 Å². The quantitative estimate of drug-likeness (QED) is 0.621. The maximum absolute atomic E-state index is 11.3. The van der Waals surface area contributed by atoms with E-state index < -0.39 is 7.60 Å². The molecule has 0 saturated heterocycles. The van der Waals surface area contributed by atoms with Gasteiger partial charge in [0.05, 0.1) is 11.5 Å². The van der Waals surface area contributed by atoms with E-state index in [2.05, 4.69) is 20.3 Å². The second-order valence-corrected chi connectivity index (χ2v) is 7.71. The Labute approximate surface area is 132 Å². The van der Waals surface area contributed by atoms with E-state index in [4.69, 9.17) is 9.79 Å². The first kappa shape index (κ1) is 16.1. The minimum Gasteiger partial charge on any atom is -0.367 e. The van der Waals surface area contributed by atoms with Crippen LogP contribution in [0.2, 0.25) is 0 Å². The van der Waals surface area contributed by atoms with Crippen LogP contribution in [0.25, 0.3) is 11.0 Å². The molecular formula is C14H19N4O4P. The molecular weight excluding hydrogens is 319 g/mol.